The van der Waals surface area contributed by atoms with E-state index in [1.54, 1.807) is 19.1 Å². The monoisotopic (exact) mass is 331 g/mol. The Balaban J connectivity index is 2.91. The number of anilines is 1. The molecule has 2 atom stereocenters. The van der Waals surface area contributed by atoms with Crippen molar-refractivity contribution in [1.82, 2.24) is 5.32 Å². The molecule has 0 aliphatic carbocycles. The Kier molecular flexibility index (Phi) is 7.10. The lowest BCUT2D eigenvalue weighted by molar-refractivity contribution is -0.119. The summed E-state index contributed by atoms with van der Waals surface area (Å²) in [6, 6.07) is 4.62. The van der Waals surface area contributed by atoms with Crippen molar-refractivity contribution >= 4 is 29.4 Å². The molecule has 3 amide bonds. The van der Waals surface area contributed by atoms with E-state index in [0.717, 1.165) is 0 Å². The minimum absolute atomic E-state index is 0.151. The smallest absolute Gasteiger partial charge is 0.312 e. The standard InChI is InChI=1S/C14H19F2N3O2S/c1-3-8(2)11(19-14(17)21)12(20)18-9-6-4-5-7-10(9)22-13(15)16/h4-8,11,13H,3H2,1-2H3,(H,18,20)(H3,17,19,21)/t8-,11-/m1/s1. The molecule has 1 aromatic rings. The van der Waals surface area contributed by atoms with E-state index in [1.165, 1.54) is 12.1 Å². The lowest BCUT2D eigenvalue weighted by Gasteiger charge is -2.23. The van der Waals surface area contributed by atoms with Gasteiger partial charge >= 0.3 is 6.03 Å². The first-order valence-electron chi connectivity index (χ1n) is 6.75. The quantitative estimate of drug-likeness (QED) is 0.672. The number of para-hydroxylation sites is 1. The summed E-state index contributed by atoms with van der Waals surface area (Å²) in [6.07, 6.45) is 0.645. The molecular formula is C14H19F2N3O2S. The van der Waals surface area contributed by atoms with E-state index in [2.05, 4.69) is 10.6 Å². The van der Waals surface area contributed by atoms with Crippen LogP contribution in [0.15, 0.2) is 29.2 Å². The Labute approximate surface area is 132 Å². The predicted octanol–water partition coefficient (Wildman–Crippen LogP) is 3.02. The predicted molar refractivity (Wildman–Crippen MR) is 82.9 cm³/mol. The Morgan fingerprint density at radius 2 is 1.95 bits per heavy atom. The average molecular weight is 331 g/mol. The van der Waals surface area contributed by atoms with Crippen LogP contribution >= 0.6 is 11.8 Å². The number of alkyl halides is 2. The fraction of sp³-hybridized carbons (Fsp3) is 0.429. The van der Waals surface area contributed by atoms with Gasteiger partial charge in [0.2, 0.25) is 5.91 Å². The topological polar surface area (TPSA) is 84.2 Å². The maximum atomic E-state index is 12.5. The van der Waals surface area contributed by atoms with Crippen molar-refractivity contribution in [3.8, 4) is 0 Å². The Hall–Kier alpha value is -1.83. The fourth-order valence-corrected chi connectivity index (χ4v) is 2.43. The van der Waals surface area contributed by atoms with Gasteiger partial charge in [0.25, 0.3) is 5.76 Å². The SMILES string of the molecule is CC[C@@H](C)[C@@H](NC(N)=O)C(=O)Nc1ccccc1SC(F)F. The number of carbonyl (C=O) groups is 2. The van der Waals surface area contributed by atoms with Gasteiger partial charge in [-0.2, -0.15) is 8.78 Å². The maximum Gasteiger partial charge on any atom is 0.312 e. The summed E-state index contributed by atoms with van der Waals surface area (Å²) >= 11 is 0.347. The first kappa shape index (κ1) is 18.2. The number of benzene rings is 1. The third-order valence-electron chi connectivity index (χ3n) is 3.15. The van der Waals surface area contributed by atoms with E-state index < -0.39 is 23.7 Å². The summed E-state index contributed by atoms with van der Waals surface area (Å²) in [6.45, 7) is 3.66. The van der Waals surface area contributed by atoms with Gasteiger partial charge in [0.1, 0.15) is 6.04 Å². The first-order chi connectivity index (χ1) is 10.3. The number of thioether (sulfide) groups is 1. The molecule has 0 unspecified atom stereocenters. The molecule has 5 nitrogen and oxygen atoms in total. The lowest BCUT2D eigenvalue weighted by Crippen LogP contribution is -2.49. The molecule has 0 saturated carbocycles. The Morgan fingerprint density at radius 1 is 1.32 bits per heavy atom. The summed E-state index contributed by atoms with van der Waals surface area (Å²) in [5.41, 5.74) is 5.35. The van der Waals surface area contributed by atoms with Gasteiger partial charge < -0.3 is 16.4 Å². The molecule has 122 valence electrons. The summed E-state index contributed by atoms with van der Waals surface area (Å²) in [7, 11) is 0. The molecule has 0 aromatic heterocycles. The highest BCUT2D eigenvalue weighted by Gasteiger charge is 2.26. The molecule has 4 N–H and O–H groups in total. The van der Waals surface area contributed by atoms with Crippen molar-refractivity contribution in [1.29, 1.82) is 0 Å². The number of nitrogens with one attached hydrogen (secondary N) is 2. The molecule has 0 heterocycles. The number of carbonyl (C=O) groups excluding carboxylic acids is 2. The van der Waals surface area contributed by atoms with Gasteiger partial charge in [-0.15, -0.1) is 0 Å². The van der Waals surface area contributed by atoms with E-state index in [9.17, 15) is 18.4 Å². The molecule has 0 fully saturated rings. The molecule has 0 aliphatic rings. The second-order valence-electron chi connectivity index (χ2n) is 4.74. The van der Waals surface area contributed by atoms with E-state index >= 15 is 0 Å². The number of halogens is 2. The highest BCUT2D eigenvalue weighted by molar-refractivity contribution is 7.99. The molecule has 8 heteroatoms. The molecule has 0 spiro atoms. The molecular weight excluding hydrogens is 312 g/mol. The van der Waals surface area contributed by atoms with Crippen LogP contribution in [0.5, 0.6) is 0 Å². The number of rotatable bonds is 7. The van der Waals surface area contributed by atoms with Gasteiger partial charge in [0.05, 0.1) is 5.69 Å². The molecule has 0 saturated heterocycles. The van der Waals surface area contributed by atoms with Gasteiger partial charge in [-0.05, 0) is 18.1 Å². The fourth-order valence-electron chi connectivity index (χ4n) is 1.83. The van der Waals surface area contributed by atoms with Crippen LogP contribution in [0.1, 0.15) is 20.3 Å². The van der Waals surface area contributed by atoms with Gasteiger partial charge in [-0.3, -0.25) is 4.79 Å². The zero-order valence-electron chi connectivity index (χ0n) is 12.3. The van der Waals surface area contributed by atoms with Crippen LogP contribution in [-0.2, 0) is 4.79 Å². The molecule has 1 aromatic carbocycles. The summed E-state index contributed by atoms with van der Waals surface area (Å²) in [5, 5.41) is 4.96. The second kappa shape index (κ2) is 8.57. The number of primary amides is 1. The Bertz CT molecular complexity index is 529. The molecule has 22 heavy (non-hydrogen) atoms. The largest absolute Gasteiger partial charge is 0.352 e. The third-order valence-corrected chi connectivity index (χ3v) is 3.94. The van der Waals surface area contributed by atoms with Gasteiger partial charge in [0, 0.05) is 4.90 Å². The van der Waals surface area contributed by atoms with Crippen molar-refractivity contribution in [2.24, 2.45) is 11.7 Å². The number of nitrogens with two attached hydrogens (primary N) is 1. The summed E-state index contributed by atoms with van der Waals surface area (Å²) in [5.74, 6) is -3.23. The van der Waals surface area contributed by atoms with Crippen molar-refractivity contribution in [3.63, 3.8) is 0 Å². The van der Waals surface area contributed by atoms with Crippen LogP contribution < -0.4 is 16.4 Å². The number of urea groups is 1. The highest BCUT2D eigenvalue weighted by Crippen LogP contribution is 2.31. The van der Waals surface area contributed by atoms with Crippen LogP contribution in [0.2, 0.25) is 0 Å². The second-order valence-corrected chi connectivity index (χ2v) is 5.77. The van der Waals surface area contributed by atoms with Crippen LogP contribution in [0.4, 0.5) is 19.3 Å². The van der Waals surface area contributed by atoms with E-state index in [0.29, 0.717) is 18.2 Å². The number of amides is 3. The highest BCUT2D eigenvalue weighted by atomic mass is 32.2. The molecule has 0 aliphatic heterocycles. The van der Waals surface area contributed by atoms with Crippen LogP contribution in [-0.4, -0.2) is 23.7 Å². The normalized spacial score (nSPS) is 13.5. The minimum atomic E-state index is -2.59. The summed E-state index contributed by atoms with van der Waals surface area (Å²) in [4.78, 5) is 23.6. The molecule has 1 rings (SSSR count). The van der Waals surface area contributed by atoms with E-state index in [1.807, 2.05) is 6.92 Å². The average Bonchev–Trinajstić information content (AvgIpc) is 2.45. The Morgan fingerprint density at radius 3 is 2.50 bits per heavy atom. The third kappa shape index (κ3) is 5.51. The lowest BCUT2D eigenvalue weighted by atomic mass is 9.98. The minimum Gasteiger partial charge on any atom is -0.352 e. The number of hydrogen-bond donors (Lipinski definition) is 3. The molecule has 0 bridgehead atoms. The zero-order chi connectivity index (χ0) is 16.7. The zero-order valence-corrected chi connectivity index (χ0v) is 13.1. The van der Waals surface area contributed by atoms with Crippen molar-refractivity contribution in [2.75, 3.05) is 5.32 Å². The maximum absolute atomic E-state index is 12.5. The number of hydrogen-bond acceptors (Lipinski definition) is 3. The van der Waals surface area contributed by atoms with Crippen LogP contribution in [0, 0.1) is 5.92 Å². The first-order valence-corrected chi connectivity index (χ1v) is 7.63. The van der Waals surface area contributed by atoms with Crippen molar-refractivity contribution < 1.29 is 18.4 Å². The molecule has 0 radical (unpaired) electrons. The van der Waals surface area contributed by atoms with Crippen molar-refractivity contribution in [2.45, 2.75) is 37.0 Å². The van der Waals surface area contributed by atoms with E-state index in [4.69, 9.17) is 5.73 Å². The van der Waals surface area contributed by atoms with Gasteiger partial charge in [0.15, 0.2) is 0 Å². The van der Waals surface area contributed by atoms with Crippen molar-refractivity contribution in [3.05, 3.63) is 24.3 Å². The summed E-state index contributed by atoms with van der Waals surface area (Å²) < 4.78 is 25.1. The van der Waals surface area contributed by atoms with Gasteiger partial charge in [-0.1, -0.05) is 44.2 Å². The van der Waals surface area contributed by atoms with Crippen LogP contribution in [0.25, 0.3) is 0 Å². The van der Waals surface area contributed by atoms with Crippen LogP contribution in [0.3, 0.4) is 0 Å². The van der Waals surface area contributed by atoms with Gasteiger partial charge in [-0.25, -0.2) is 4.79 Å². The van der Waals surface area contributed by atoms with E-state index in [-0.39, 0.29) is 16.5 Å².